The second-order valence-electron chi connectivity index (χ2n) is 5.61. The summed E-state index contributed by atoms with van der Waals surface area (Å²) in [6, 6.07) is 6.07. The second kappa shape index (κ2) is 7.61. The molecule has 0 aromatic carbocycles. The molecule has 3 heteroatoms. The van der Waals surface area contributed by atoms with Gasteiger partial charge in [0.1, 0.15) is 0 Å². The Morgan fingerprint density at radius 2 is 2.11 bits per heavy atom. The molecule has 1 aromatic rings. The standard InChI is InChI=1S/C16H26N2O/c1-2-18(13-15-9-6-7-11-17-15)12-14-8-4-3-5-10-16(14)19/h6-7,9,11,14,16,19H,2-5,8,10,12-13H2,1H3. The Balaban J connectivity index is 1.90. The van der Waals surface area contributed by atoms with Crippen molar-refractivity contribution < 1.29 is 5.11 Å². The van der Waals surface area contributed by atoms with Gasteiger partial charge in [0.25, 0.3) is 0 Å². The Morgan fingerprint density at radius 1 is 1.26 bits per heavy atom. The van der Waals surface area contributed by atoms with Crippen molar-refractivity contribution >= 4 is 0 Å². The smallest absolute Gasteiger partial charge is 0.0580 e. The second-order valence-corrected chi connectivity index (χ2v) is 5.61. The predicted molar refractivity (Wildman–Crippen MR) is 77.8 cm³/mol. The highest BCUT2D eigenvalue weighted by Crippen LogP contribution is 2.24. The van der Waals surface area contributed by atoms with E-state index in [1.807, 2.05) is 18.3 Å². The summed E-state index contributed by atoms with van der Waals surface area (Å²) < 4.78 is 0. The molecule has 0 aliphatic heterocycles. The van der Waals surface area contributed by atoms with Crippen molar-refractivity contribution in [2.24, 2.45) is 5.92 Å². The van der Waals surface area contributed by atoms with Crippen LogP contribution in [0, 0.1) is 5.92 Å². The van der Waals surface area contributed by atoms with Gasteiger partial charge in [-0.2, -0.15) is 0 Å². The Morgan fingerprint density at radius 3 is 2.84 bits per heavy atom. The molecule has 1 heterocycles. The van der Waals surface area contributed by atoms with E-state index in [1.54, 1.807) is 0 Å². The topological polar surface area (TPSA) is 36.4 Å². The van der Waals surface area contributed by atoms with Gasteiger partial charge in [-0.1, -0.05) is 32.3 Å². The maximum Gasteiger partial charge on any atom is 0.0580 e. The SMILES string of the molecule is CCN(Cc1ccccn1)CC1CCCCCC1O. The predicted octanol–water partition coefficient (Wildman–Crippen LogP) is 2.84. The third-order valence-electron chi connectivity index (χ3n) is 4.17. The van der Waals surface area contributed by atoms with E-state index in [-0.39, 0.29) is 6.10 Å². The summed E-state index contributed by atoms with van der Waals surface area (Å²) in [6.07, 6.45) is 7.61. The quantitative estimate of drug-likeness (QED) is 0.829. The third-order valence-corrected chi connectivity index (χ3v) is 4.17. The van der Waals surface area contributed by atoms with Crippen molar-refractivity contribution in [3.63, 3.8) is 0 Å². The molecule has 2 unspecified atom stereocenters. The number of aliphatic hydroxyl groups excluding tert-OH is 1. The minimum absolute atomic E-state index is 0.111. The molecule has 1 aliphatic carbocycles. The van der Waals surface area contributed by atoms with Gasteiger partial charge in [0, 0.05) is 19.3 Å². The van der Waals surface area contributed by atoms with Crippen LogP contribution in [0.4, 0.5) is 0 Å². The average molecular weight is 262 g/mol. The number of nitrogens with zero attached hydrogens (tertiary/aromatic N) is 2. The fourth-order valence-corrected chi connectivity index (χ4v) is 2.94. The van der Waals surface area contributed by atoms with Gasteiger partial charge in [0.2, 0.25) is 0 Å². The highest BCUT2D eigenvalue weighted by atomic mass is 16.3. The molecule has 19 heavy (non-hydrogen) atoms. The van der Waals surface area contributed by atoms with Gasteiger partial charge >= 0.3 is 0 Å². The number of rotatable bonds is 5. The van der Waals surface area contributed by atoms with E-state index < -0.39 is 0 Å². The van der Waals surface area contributed by atoms with Gasteiger partial charge in [0.05, 0.1) is 11.8 Å². The van der Waals surface area contributed by atoms with Crippen molar-refractivity contribution in [2.45, 2.75) is 51.7 Å². The molecule has 0 saturated heterocycles. The summed E-state index contributed by atoms with van der Waals surface area (Å²) in [5.41, 5.74) is 1.12. The third kappa shape index (κ3) is 4.59. The molecule has 1 saturated carbocycles. The zero-order valence-electron chi connectivity index (χ0n) is 12.0. The number of hydrogen-bond acceptors (Lipinski definition) is 3. The van der Waals surface area contributed by atoms with E-state index in [2.05, 4.69) is 22.9 Å². The molecule has 106 valence electrons. The van der Waals surface area contributed by atoms with Gasteiger partial charge in [-0.05, 0) is 37.4 Å². The molecule has 1 aliphatic rings. The van der Waals surface area contributed by atoms with Crippen molar-refractivity contribution in [2.75, 3.05) is 13.1 Å². The fraction of sp³-hybridized carbons (Fsp3) is 0.688. The van der Waals surface area contributed by atoms with Crippen LogP contribution in [0.2, 0.25) is 0 Å². The fourth-order valence-electron chi connectivity index (χ4n) is 2.94. The van der Waals surface area contributed by atoms with E-state index in [4.69, 9.17) is 0 Å². The lowest BCUT2D eigenvalue weighted by atomic mass is 9.96. The molecule has 2 atom stereocenters. The largest absolute Gasteiger partial charge is 0.393 e. The zero-order chi connectivity index (χ0) is 13.5. The van der Waals surface area contributed by atoms with Gasteiger partial charge < -0.3 is 5.11 Å². The Kier molecular flexibility index (Phi) is 5.80. The van der Waals surface area contributed by atoms with E-state index in [0.29, 0.717) is 5.92 Å². The number of aliphatic hydroxyl groups is 1. The molecule has 0 radical (unpaired) electrons. The van der Waals surface area contributed by atoms with Crippen LogP contribution >= 0.6 is 0 Å². The average Bonchev–Trinajstić information content (AvgIpc) is 2.64. The summed E-state index contributed by atoms with van der Waals surface area (Å²) in [5, 5.41) is 10.2. The molecule has 0 amide bonds. The molecule has 2 rings (SSSR count). The molecule has 3 nitrogen and oxygen atoms in total. The number of hydrogen-bond donors (Lipinski definition) is 1. The van der Waals surface area contributed by atoms with Crippen molar-refractivity contribution in [3.05, 3.63) is 30.1 Å². The first-order valence-corrected chi connectivity index (χ1v) is 7.60. The van der Waals surface area contributed by atoms with E-state index >= 15 is 0 Å². The van der Waals surface area contributed by atoms with Gasteiger partial charge in [-0.15, -0.1) is 0 Å². The Labute approximate surface area is 116 Å². The zero-order valence-corrected chi connectivity index (χ0v) is 12.0. The van der Waals surface area contributed by atoms with Crippen LogP contribution < -0.4 is 0 Å². The molecule has 1 fully saturated rings. The maximum absolute atomic E-state index is 10.2. The summed E-state index contributed by atoms with van der Waals surface area (Å²) >= 11 is 0. The van der Waals surface area contributed by atoms with Crippen LogP contribution in [0.1, 0.15) is 44.7 Å². The lowest BCUT2D eigenvalue weighted by molar-refractivity contribution is 0.0724. The van der Waals surface area contributed by atoms with Crippen LogP contribution in [-0.2, 0) is 6.54 Å². The van der Waals surface area contributed by atoms with Crippen LogP contribution in [0.3, 0.4) is 0 Å². The summed E-state index contributed by atoms with van der Waals surface area (Å²) in [4.78, 5) is 6.80. The minimum atomic E-state index is -0.111. The van der Waals surface area contributed by atoms with Crippen molar-refractivity contribution in [3.8, 4) is 0 Å². The summed E-state index contributed by atoms with van der Waals surface area (Å²) in [7, 11) is 0. The highest BCUT2D eigenvalue weighted by Gasteiger charge is 2.23. The Hall–Kier alpha value is -0.930. The molecule has 0 bridgehead atoms. The van der Waals surface area contributed by atoms with Gasteiger partial charge in [-0.3, -0.25) is 9.88 Å². The highest BCUT2D eigenvalue weighted by molar-refractivity contribution is 5.03. The molecular formula is C16H26N2O. The normalized spacial score (nSPS) is 24.4. The summed E-state index contributed by atoms with van der Waals surface area (Å²) in [6.45, 7) is 5.08. The van der Waals surface area contributed by atoms with Crippen molar-refractivity contribution in [1.29, 1.82) is 0 Å². The molecular weight excluding hydrogens is 236 g/mol. The molecule has 1 aromatic heterocycles. The lowest BCUT2D eigenvalue weighted by Gasteiger charge is -2.28. The van der Waals surface area contributed by atoms with Gasteiger partial charge in [0.15, 0.2) is 0 Å². The summed E-state index contributed by atoms with van der Waals surface area (Å²) in [5.74, 6) is 0.436. The van der Waals surface area contributed by atoms with Crippen LogP contribution in [0.15, 0.2) is 24.4 Å². The van der Waals surface area contributed by atoms with Crippen molar-refractivity contribution in [1.82, 2.24) is 9.88 Å². The van der Waals surface area contributed by atoms with Crippen LogP contribution in [0.25, 0.3) is 0 Å². The maximum atomic E-state index is 10.2. The van der Waals surface area contributed by atoms with E-state index in [0.717, 1.165) is 31.7 Å². The first-order chi connectivity index (χ1) is 9.29. The lowest BCUT2D eigenvalue weighted by Crippen LogP contribution is -2.34. The Bertz CT molecular complexity index is 355. The van der Waals surface area contributed by atoms with E-state index in [1.165, 1.54) is 25.7 Å². The molecule has 0 spiro atoms. The van der Waals surface area contributed by atoms with Crippen LogP contribution in [0.5, 0.6) is 0 Å². The monoisotopic (exact) mass is 262 g/mol. The van der Waals surface area contributed by atoms with Gasteiger partial charge in [-0.25, -0.2) is 0 Å². The number of pyridine rings is 1. The number of aromatic nitrogens is 1. The van der Waals surface area contributed by atoms with Crippen LogP contribution in [-0.4, -0.2) is 34.2 Å². The van der Waals surface area contributed by atoms with E-state index in [9.17, 15) is 5.11 Å². The first kappa shape index (κ1) is 14.5. The molecule has 1 N–H and O–H groups in total. The first-order valence-electron chi connectivity index (χ1n) is 7.60. The minimum Gasteiger partial charge on any atom is -0.393 e.